The Balaban J connectivity index is 2.42. The van der Waals surface area contributed by atoms with Crippen LogP contribution in [0.15, 0.2) is 12.1 Å². The summed E-state index contributed by atoms with van der Waals surface area (Å²) in [7, 11) is 4.81. The molecule has 6 heteroatoms. The van der Waals surface area contributed by atoms with Crippen molar-refractivity contribution in [3.05, 3.63) is 12.1 Å². The van der Waals surface area contributed by atoms with E-state index in [2.05, 4.69) is 4.90 Å². The van der Waals surface area contributed by atoms with Crippen LogP contribution in [0.1, 0.15) is 0 Å². The third-order valence-electron chi connectivity index (χ3n) is 3.30. The Morgan fingerprint density at radius 3 is 2.35 bits per heavy atom. The van der Waals surface area contributed by atoms with E-state index in [0.717, 1.165) is 12.2 Å². The fraction of sp³-hybridized carbons (Fsp3) is 0.500. The van der Waals surface area contributed by atoms with E-state index in [-0.39, 0.29) is 6.04 Å². The van der Waals surface area contributed by atoms with E-state index in [4.69, 9.17) is 31.2 Å². The quantitative estimate of drug-likeness (QED) is 0.773. The molecule has 0 N–H and O–H groups in total. The lowest BCUT2D eigenvalue weighted by Gasteiger charge is -2.35. The Bertz CT molecular complexity index is 455. The summed E-state index contributed by atoms with van der Waals surface area (Å²) < 4.78 is 21.5. The summed E-state index contributed by atoms with van der Waals surface area (Å²) in [6.45, 7) is 2.05. The second-order valence-electron chi connectivity index (χ2n) is 4.36. The van der Waals surface area contributed by atoms with Crippen LogP contribution >= 0.6 is 12.2 Å². The molecule has 2 rings (SSSR count). The average molecular weight is 297 g/mol. The highest BCUT2D eigenvalue weighted by Crippen LogP contribution is 2.41. The maximum absolute atomic E-state index is 5.46. The molecule has 1 saturated heterocycles. The molecule has 5 nitrogen and oxygen atoms in total. The molecule has 1 atom stereocenters. The van der Waals surface area contributed by atoms with Crippen molar-refractivity contribution < 1.29 is 18.9 Å². The predicted molar refractivity (Wildman–Crippen MR) is 81.7 cm³/mol. The van der Waals surface area contributed by atoms with E-state index in [1.165, 1.54) is 0 Å². The molecule has 20 heavy (non-hydrogen) atoms. The average Bonchev–Trinajstić information content (AvgIpc) is 2.53. The standard InChI is InChI=1S/C14H19NO4S/c1-16-12-6-10(7-13(17-2)14(12)18-3)15-4-5-19-8-11(15)9-20/h6-7,9,11H,4-5,8H2,1-3H3. The molecule has 0 aromatic heterocycles. The van der Waals surface area contributed by atoms with Crippen molar-refractivity contribution in [3.63, 3.8) is 0 Å². The molecule has 1 unspecified atom stereocenters. The normalized spacial score (nSPS) is 18.6. The first-order chi connectivity index (χ1) is 9.74. The molecule has 0 bridgehead atoms. The number of morpholine rings is 1. The smallest absolute Gasteiger partial charge is 0.203 e. The van der Waals surface area contributed by atoms with Gasteiger partial charge in [-0.3, -0.25) is 0 Å². The number of nitrogens with zero attached hydrogens (tertiary/aromatic N) is 1. The van der Waals surface area contributed by atoms with E-state index in [0.29, 0.717) is 30.5 Å². The number of rotatable bonds is 5. The molecule has 1 aromatic rings. The number of anilines is 1. The summed E-state index contributed by atoms with van der Waals surface area (Å²) in [5.74, 6) is 1.86. The van der Waals surface area contributed by atoms with Crippen molar-refractivity contribution in [2.24, 2.45) is 0 Å². The summed E-state index contributed by atoms with van der Waals surface area (Å²) in [6.07, 6.45) is 0. The molecular weight excluding hydrogens is 278 g/mol. The SMILES string of the molecule is COc1cc(N2CCOCC2C=S)cc(OC)c1OC. The summed E-state index contributed by atoms with van der Waals surface area (Å²) in [5.41, 5.74) is 0.980. The van der Waals surface area contributed by atoms with Gasteiger partial charge >= 0.3 is 0 Å². The second kappa shape index (κ2) is 6.76. The highest BCUT2D eigenvalue weighted by atomic mass is 32.1. The number of hydrogen-bond acceptors (Lipinski definition) is 6. The molecule has 0 radical (unpaired) electrons. The van der Waals surface area contributed by atoms with Gasteiger partial charge in [0.05, 0.1) is 40.6 Å². The molecule has 110 valence electrons. The minimum atomic E-state index is 0.0709. The predicted octanol–water partition coefficient (Wildman–Crippen LogP) is 1.92. The van der Waals surface area contributed by atoms with E-state index in [1.54, 1.807) is 26.7 Å². The van der Waals surface area contributed by atoms with Gasteiger partial charge in [-0.05, 0) is 0 Å². The molecule has 1 fully saturated rings. The molecular formula is C14H19NO4S. The molecule has 1 aliphatic rings. The Morgan fingerprint density at radius 1 is 1.20 bits per heavy atom. The van der Waals surface area contributed by atoms with Crippen LogP contribution < -0.4 is 19.1 Å². The van der Waals surface area contributed by atoms with Crippen LogP contribution in [0.4, 0.5) is 5.69 Å². The Labute approximate surface area is 124 Å². The third-order valence-corrected chi connectivity index (χ3v) is 3.62. The van der Waals surface area contributed by atoms with Crippen LogP contribution in [-0.2, 0) is 4.74 Å². The Kier molecular flexibility index (Phi) is 5.03. The van der Waals surface area contributed by atoms with Gasteiger partial charge in [-0.15, -0.1) is 0 Å². The number of ether oxygens (including phenoxy) is 4. The zero-order valence-corrected chi connectivity index (χ0v) is 12.7. The van der Waals surface area contributed by atoms with Gasteiger partial charge in [0.2, 0.25) is 5.75 Å². The number of benzene rings is 1. The fourth-order valence-corrected chi connectivity index (χ4v) is 2.51. The van der Waals surface area contributed by atoms with Gasteiger partial charge in [0.15, 0.2) is 11.5 Å². The van der Waals surface area contributed by atoms with E-state index in [9.17, 15) is 0 Å². The molecule has 1 aromatic carbocycles. The lowest BCUT2D eigenvalue weighted by atomic mass is 10.2. The van der Waals surface area contributed by atoms with Crippen molar-refractivity contribution in [1.82, 2.24) is 0 Å². The van der Waals surface area contributed by atoms with Gasteiger partial charge in [-0.1, -0.05) is 12.2 Å². The van der Waals surface area contributed by atoms with Crippen molar-refractivity contribution in [1.29, 1.82) is 0 Å². The van der Waals surface area contributed by atoms with Crippen molar-refractivity contribution in [3.8, 4) is 17.2 Å². The molecule has 0 aliphatic carbocycles. The first kappa shape index (κ1) is 14.9. The second-order valence-corrected chi connectivity index (χ2v) is 4.63. The van der Waals surface area contributed by atoms with Crippen LogP contribution in [0.2, 0.25) is 0 Å². The van der Waals surface area contributed by atoms with Gasteiger partial charge in [0.1, 0.15) is 0 Å². The lowest BCUT2D eigenvalue weighted by Crippen LogP contribution is -2.46. The molecule has 1 aliphatic heterocycles. The molecule has 1 heterocycles. The topological polar surface area (TPSA) is 40.2 Å². The van der Waals surface area contributed by atoms with Crippen LogP contribution in [0, 0.1) is 0 Å². The van der Waals surface area contributed by atoms with Crippen molar-refractivity contribution >= 4 is 23.3 Å². The highest BCUT2D eigenvalue weighted by molar-refractivity contribution is 7.79. The Morgan fingerprint density at radius 2 is 1.85 bits per heavy atom. The van der Waals surface area contributed by atoms with Crippen LogP contribution in [0.5, 0.6) is 17.2 Å². The minimum Gasteiger partial charge on any atom is -0.493 e. The van der Waals surface area contributed by atoms with Gasteiger partial charge in [0.25, 0.3) is 0 Å². The first-order valence-corrected chi connectivity index (χ1v) is 6.82. The molecule has 0 amide bonds. The highest BCUT2D eigenvalue weighted by Gasteiger charge is 2.24. The summed E-state index contributed by atoms with van der Waals surface area (Å²) >= 11 is 5.09. The molecule has 0 saturated carbocycles. The maximum Gasteiger partial charge on any atom is 0.203 e. The van der Waals surface area contributed by atoms with Crippen LogP contribution in [-0.4, -0.2) is 52.5 Å². The van der Waals surface area contributed by atoms with Crippen LogP contribution in [0.25, 0.3) is 0 Å². The maximum atomic E-state index is 5.46. The van der Waals surface area contributed by atoms with Gasteiger partial charge < -0.3 is 23.8 Å². The molecule has 0 spiro atoms. The summed E-state index contributed by atoms with van der Waals surface area (Å²) in [4.78, 5) is 2.18. The largest absolute Gasteiger partial charge is 0.493 e. The zero-order chi connectivity index (χ0) is 14.5. The van der Waals surface area contributed by atoms with E-state index < -0.39 is 0 Å². The zero-order valence-electron chi connectivity index (χ0n) is 11.9. The van der Waals surface area contributed by atoms with Crippen molar-refractivity contribution in [2.75, 3.05) is 46.0 Å². The van der Waals surface area contributed by atoms with Crippen molar-refractivity contribution in [2.45, 2.75) is 6.04 Å². The van der Waals surface area contributed by atoms with Gasteiger partial charge in [-0.25, -0.2) is 0 Å². The van der Waals surface area contributed by atoms with E-state index >= 15 is 0 Å². The summed E-state index contributed by atoms with van der Waals surface area (Å²) in [6, 6.07) is 3.93. The minimum absolute atomic E-state index is 0.0709. The summed E-state index contributed by atoms with van der Waals surface area (Å²) in [5, 5.41) is 1.72. The van der Waals surface area contributed by atoms with Crippen LogP contribution in [0.3, 0.4) is 0 Å². The monoisotopic (exact) mass is 297 g/mol. The Hall–Kier alpha value is -1.53. The fourth-order valence-electron chi connectivity index (χ4n) is 2.29. The van der Waals surface area contributed by atoms with Gasteiger partial charge in [0, 0.05) is 29.7 Å². The van der Waals surface area contributed by atoms with E-state index in [1.807, 2.05) is 12.1 Å². The number of hydrogen-bond donors (Lipinski definition) is 0. The first-order valence-electron chi connectivity index (χ1n) is 6.34. The lowest BCUT2D eigenvalue weighted by molar-refractivity contribution is 0.111. The number of methoxy groups -OCH3 is 3. The van der Waals surface area contributed by atoms with Gasteiger partial charge in [-0.2, -0.15) is 0 Å². The third kappa shape index (κ3) is 2.81. The number of thiocarbonyl (C=S) groups is 1.